The highest BCUT2D eigenvalue weighted by molar-refractivity contribution is 14.1. The minimum absolute atomic E-state index is 0.622. The van der Waals surface area contributed by atoms with E-state index in [1.54, 1.807) is 0 Å². The highest BCUT2D eigenvalue weighted by Crippen LogP contribution is 2.23. The Hall–Kier alpha value is -0.390. The van der Waals surface area contributed by atoms with Gasteiger partial charge in [-0.2, -0.15) is 0 Å². The molecule has 2 aromatic rings. The van der Waals surface area contributed by atoms with Crippen molar-refractivity contribution in [2.75, 3.05) is 6.54 Å². The zero-order valence-electron chi connectivity index (χ0n) is 9.42. The number of nitrogens with two attached hydrogens (primary N) is 1. The molecule has 0 unspecified atom stereocenters. The second-order valence-electron chi connectivity index (χ2n) is 4.02. The van der Waals surface area contributed by atoms with Gasteiger partial charge in [-0.3, -0.25) is 0 Å². The summed E-state index contributed by atoms with van der Waals surface area (Å²) in [6.45, 7) is 0.733. The number of aryl methyl sites for hydroxylation is 1. The van der Waals surface area contributed by atoms with E-state index in [4.69, 9.17) is 17.3 Å². The lowest BCUT2D eigenvalue weighted by Gasteiger charge is -2.06. The fourth-order valence-corrected chi connectivity index (χ4v) is 2.51. The minimum atomic E-state index is 0.622. The van der Waals surface area contributed by atoms with Gasteiger partial charge in [0, 0.05) is 8.96 Å². The standard InChI is InChI=1S/C13H14ClIN2/c14-13-10(3-1-2-6-16)7-9-4-5-11(15)8-12(9)17-13/h4-5,7-8H,1-3,6,16H2. The van der Waals surface area contributed by atoms with Crippen molar-refractivity contribution in [3.63, 3.8) is 0 Å². The van der Waals surface area contributed by atoms with E-state index in [-0.39, 0.29) is 0 Å². The second-order valence-corrected chi connectivity index (χ2v) is 5.62. The van der Waals surface area contributed by atoms with Gasteiger partial charge >= 0.3 is 0 Å². The number of unbranched alkanes of at least 4 members (excludes halogenated alkanes) is 1. The molecule has 0 aliphatic heterocycles. The molecule has 4 heteroatoms. The highest BCUT2D eigenvalue weighted by atomic mass is 127. The molecule has 0 aliphatic carbocycles. The van der Waals surface area contributed by atoms with E-state index < -0.39 is 0 Å². The summed E-state index contributed by atoms with van der Waals surface area (Å²) in [5.74, 6) is 0. The van der Waals surface area contributed by atoms with Crippen LogP contribution in [0.4, 0.5) is 0 Å². The number of rotatable bonds is 4. The number of hydrogen-bond acceptors (Lipinski definition) is 2. The summed E-state index contributed by atoms with van der Waals surface area (Å²) in [7, 11) is 0. The monoisotopic (exact) mass is 360 g/mol. The van der Waals surface area contributed by atoms with Gasteiger partial charge in [0.25, 0.3) is 0 Å². The lowest BCUT2D eigenvalue weighted by atomic mass is 10.1. The molecule has 0 amide bonds. The molecule has 90 valence electrons. The summed E-state index contributed by atoms with van der Waals surface area (Å²) in [5.41, 5.74) is 7.57. The number of pyridine rings is 1. The molecule has 1 aromatic carbocycles. The summed E-state index contributed by atoms with van der Waals surface area (Å²) in [4.78, 5) is 4.44. The summed E-state index contributed by atoms with van der Waals surface area (Å²) >= 11 is 8.47. The fourth-order valence-electron chi connectivity index (χ4n) is 1.80. The van der Waals surface area contributed by atoms with E-state index in [1.165, 1.54) is 3.57 Å². The molecule has 1 heterocycles. The first-order valence-electron chi connectivity index (χ1n) is 5.65. The maximum absolute atomic E-state index is 6.19. The normalized spacial score (nSPS) is 11.0. The van der Waals surface area contributed by atoms with Gasteiger partial charge in [-0.25, -0.2) is 4.98 Å². The summed E-state index contributed by atoms with van der Waals surface area (Å²) in [6.07, 6.45) is 3.04. The van der Waals surface area contributed by atoms with Crippen LogP contribution in [-0.4, -0.2) is 11.5 Å². The van der Waals surface area contributed by atoms with Crippen molar-refractivity contribution in [3.8, 4) is 0 Å². The summed E-state index contributed by atoms with van der Waals surface area (Å²) in [6, 6.07) is 8.36. The van der Waals surface area contributed by atoms with Crippen molar-refractivity contribution < 1.29 is 0 Å². The van der Waals surface area contributed by atoms with Crippen LogP contribution >= 0.6 is 34.2 Å². The number of benzene rings is 1. The quantitative estimate of drug-likeness (QED) is 0.512. The topological polar surface area (TPSA) is 38.9 Å². The third kappa shape index (κ3) is 3.30. The van der Waals surface area contributed by atoms with Gasteiger partial charge < -0.3 is 5.73 Å². The average molecular weight is 361 g/mol. The third-order valence-electron chi connectivity index (χ3n) is 2.71. The van der Waals surface area contributed by atoms with Gasteiger partial charge in [-0.05, 0) is 72.2 Å². The Labute approximate surface area is 120 Å². The first-order chi connectivity index (χ1) is 8.20. The van der Waals surface area contributed by atoms with Gasteiger partial charge in [-0.1, -0.05) is 17.7 Å². The van der Waals surface area contributed by atoms with Gasteiger partial charge in [0.2, 0.25) is 0 Å². The predicted octanol–water partition coefficient (Wildman–Crippen LogP) is 3.77. The molecule has 0 aliphatic rings. The van der Waals surface area contributed by atoms with Crippen molar-refractivity contribution in [2.45, 2.75) is 19.3 Å². The number of aromatic nitrogens is 1. The second kappa shape index (κ2) is 5.98. The maximum Gasteiger partial charge on any atom is 0.132 e. The van der Waals surface area contributed by atoms with Crippen LogP contribution in [0.2, 0.25) is 5.15 Å². The lowest BCUT2D eigenvalue weighted by molar-refractivity contribution is 0.744. The van der Waals surface area contributed by atoms with Crippen LogP contribution in [0.15, 0.2) is 24.3 Å². The molecule has 1 aromatic heterocycles. The highest BCUT2D eigenvalue weighted by Gasteiger charge is 2.05. The molecule has 0 atom stereocenters. The van der Waals surface area contributed by atoms with Crippen LogP contribution in [0.25, 0.3) is 10.9 Å². The first-order valence-corrected chi connectivity index (χ1v) is 7.11. The SMILES string of the molecule is NCCCCc1cc2ccc(I)cc2nc1Cl. The predicted molar refractivity (Wildman–Crippen MR) is 81.5 cm³/mol. The Balaban J connectivity index is 2.31. The third-order valence-corrected chi connectivity index (χ3v) is 3.70. The molecule has 0 saturated heterocycles. The van der Waals surface area contributed by atoms with Crippen molar-refractivity contribution in [2.24, 2.45) is 5.73 Å². The molecule has 0 saturated carbocycles. The van der Waals surface area contributed by atoms with E-state index in [2.05, 4.69) is 45.8 Å². The van der Waals surface area contributed by atoms with Crippen LogP contribution in [0.5, 0.6) is 0 Å². The van der Waals surface area contributed by atoms with Gasteiger partial charge in [0.15, 0.2) is 0 Å². The van der Waals surface area contributed by atoms with Crippen LogP contribution in [0.3, 0.4) is 0 Å². The molecule has 2 rings (SSSR count). The van der Waals surface area contributed by atoms with Crippen LogP contribution < -0.4 is 5.73 Å². The van der Waals surface area contributed by atoms with Crippen molar-refractivity contribution in [1.29, 1.82) is 0 Å². The molecule has 0 bridgehead atoms. The maximum atomic E-state index is 6.19. The Morgan fingerprint density at radius 2 is 2.06 bits per heavy atom. The molecule has 17 heavy (non-hydrogen) atoms. The molecule has 0 spiro atoms. The number of fused-ring (bicyclic) bond motifs is 1. The van der Waals surface area contributed by atoms with Gasteiger partial charge in [0.1, 0.15) is 5.15 Å². The number of nitrogens with zero attached hydrogens (tertiary/aromatic N) is 1. The zero-order chi connectivity index (χ0) is 12.3. The van der Waals surface area contributed by atoms with Crippen LogP contribution in [0.1, 0.15) is 18.4 Å². The molecule has 2 N–H and O–H groups in total. The van der Waals surface area contributed by atoms with Crippen LogP contribution in [0, 0.1) is 3.57 Å². The molecule has 0 fully saturated rings. The van der Waals surface area contributed by atoms with Crippen molar-refractivity contribution in [3.05, 3.63) is 38.6 Å². The smallest absolute Gasteiger partial charge is 0.132 e. The molecular formula is C13H14ClIN2. The Kier molecular flexibility index (Phi) is 4.59. The first kappa shape index (κ1) is 13.1. The van der Waals surface area contributed by atoms with Gasteiger partial charge in [0.05, 0.1) is 5.52 Å². The molecule has 2 nitrogen and oxygen atoms in total. The summed E-state index contributed by atoms with van der Waals surface area (Å²) < 4.78 is 1.18. The van der Waals surface area contributed by atoms with E-state index in [0.717, 1.165) is 42.3 Å². The number of hydrogen-bond donors (Lipinski definition) is 1. The minimum Gasteiger partial charge on any atom is -0.330 e. The molecular weight excluding hydrogens is 347 g/mol. The Bertz CT molecular complexity index is 528. The van der Waals surface area contributed by atoms with Crippen LogP contribution in [-0.2, 0) is 6.42 Å². The van der Waals surface area contributed by atoms with E-state index in [9.17, 15) is 0 Å². The fraction of sp³-hybridized carbons (Fsp3) is 0.308. The summed E-state index contributed by atoms with van der Waals surface area (Å²) in [5, 5.41) is 1.77. The van der Waals surface area contributed by atoms with E-state index in [0.29, 0.717) is 5.15 Å². The Morgan fingerprint density at radius 1 is 1.24 bits per heavy atom. The zero-order valence-corrected chi connectivity index (χ0v) is 12.3. The molecule has 0 radical (unpaired) electrons. The van der Waals surface area contributed by atoms with Gasteiger partial charge in [-0.15, -0.1) is 0 Å². The van der Waals surface area contributed by atoms with Crippen molar-refractivity contribution >= 4 is 45.1 Å². The lowest BCUT2D eigenvalue weighted by Crippen LogP contribution is -1.99. The van der Waals surface area contributed by atoms with E-state index >= 15 is 0 Å². The average Bonchev–Trinajstić information content (AvgIpc) is 2.30. The largest absolute Gasteiger partial charge is 0.330 e. The van der Waals surface area contributed by atoms with E-state index in [1.807, 2.05) is 6.07 Å². The number of halogens is 2. The van der Waals surface area contributed by atoms with Crippen molar-refractivity contribution in [1.82, 2.24) is 4.98 Å². The Morgan fingerprint density at radius 3 is 2.82 bits per heavy atom.